The summed E-state index contributed by atoms with van der Waals surface area (Å²) in [5.74, 6) is 1.57. The third kappa shape index (κ3) is 4.42. The zero-order valence-electron chi connectivity index (χ0n) is 18.5. The van der Waals surface area contributed by atoms with Gasteiger partial charge in [-0.25, -0.2) is 0 Å². The molecule has 2 aromatic carbocycles. The van der Waals surface area contributed by atoms with E-state index in [-0.39, 0.29) is 25.0 Å². The first-order valence-electron chi connectivity index (χ1n) is 10.9. The number of imide groups is 1. The first-order valence-corrected chi connectivity index (χ1v) is 10.9. The van der Waals surface area contributed by atoms with E-state index in [0.29, 0.717) is 22.8 Å². The normalized spacial score (nSPS) is 16.6. The molecule has 7 heteroatoms. The summed E-state index contributed by atoms with van der Waals surface area (Å²) in [6.07, 6.45) is 3.17. The monoisotopic (exact) mass is 436 g/mol. The number of carbonyl (C=O) groups excluding carboxylic acids is 2. The Labute approximate surface area is 188 Å². The summed E-state index contributed by atoms with van der Waals surface area (Å²) < 4.78 is 16.2. The number of methoxy groups -OCH3 is 2. The number of ether oxygens (including phenoxy) is 3. The minimum Gasteiger partial charge on any atom is -0.497 e. The van der Waals surface area contributed by atoms with E-state index in [1.165, 1.54) is 4.90 Å². The van der Waals surface area contributed by atoms with Crippen LogP contribution >= 0.6 is 0 Å². The molecule has 1 saturated heterocycles. The number of hydrogen-bond donors (Lipinski definition) is 0. The molecule has 0 saturated carbocycles. The molecule has 2 amide bonds. The minimum absolute atomic E-state index is 0.181. The van der Waals surface area contributed by atoms with Crippen molar-refractivity contribution in [3.63, 3.8) is 0 Å². The van der Waals surface area contributed by atoms with E-state index in [1.807, 2.05) is 24.3 Å². The van der Waals surface area contributed by atoms with Crippen molar-refractivity contribution in [2.24, 2.45) is 0 Å². The minimum atomic E-state index is -0.279. The smallest absolute Gasteiger partial charge is 0.277 e. The van der Waals surface area contributed by atoms with Crippen molar-refractivity contribution in [2.45, 2.75) is 19.3 Å². The lowest BCUT2D eigenvalue weighted by molar-refractivity contribution is -0.138. The Balaban J connectivity index is 1.53. The van der Waals surface area contributed by atoms with Gasteiger partial charge in [0, 0.05) is 13.1 Å². The third-order valence-electron chi connectivity index (χ3n) is 5.84. The molecule has 0 aliphatic carbocycles. The number of amides is 2. The van der Waals surface area contributed by atoms with Crippen LogP contribution in [0, 0.1) is 0 Å². The third-order valence-corrected chi connectivity index (χ3v) is 5.84. The lowest BCUT2D eigenvalue weighted by Crippen LogP contribution is -2.39. The molecular weight excluding hydrogens is 408 g/mol. The molecule has 4 rings (SSSR count). The maximum atomic E-state index is 13.4. The van der Waals surface area contributed by atoms with Gasteiger partial charge in [-0.1, -0.05) is 12.1 Å². The van der Waals surface area contributed by atoms with Crippen LogP contribution in [0.3, 0.4) is 0 Å². The fourth-order valence-electron chi connectivity index (χ4n) is 4.12. The molecule has 2 aliphatic heterocycles. The lowest BCUT2D eigenvalue weighted by Gasteiger charge is -2.29. The van der Waals surface area contributed by atoms with Crippen molar-refractivity contribution in [2.75, 3.05) is 40.5 Å². The highest BCUT2D eigenvalue weighted by Gasteiger charge is 2.41. The van der Waals surface area contributed by atoms with Crippen LogP contribution in [-0.4, -0.2) is 62.1 Å². The van der Waals surface area contributed by atoms with Crippen LogP contribution < -0.4 is 14.2 Å². The van der Waals surface area contributed by atoms with E-state index in [0.717, 1.165) is 43.7 Å². The summed E-state index contributed by atoms with van der Waals surface area (Å²) in [4.78, 5) is 30.1. The van der Waals surface area contributed by atoms with Crippen LogP contribution in [-0.2, 0) is 9.59 Å². The second kappa shape index (κ2) is 9.77. The number of benzene rings is 2. The van der Waals surface area contributed by atoms with Crippen molar-refractivity contribution in [3.05, 3.63) is 59.8 Å². The zero-order valence-corrected chi connectivity index (χ0v) is 18.5. The van der Waals surface area contributed by atoms with Crippen LogP contribution in [0.5, 0.6) is 17.2 Å². The number of carbonyl (C=O) groups is 2. The Kier molecular flexibility index (Phi) is 6.63. The number of likely N-dealkylation sites (tertiary alicyclic amines) is 1. The van der Waals surface area contributed by atoms with E-state index in [4.69, 9.17) is 14.2 Å². The molecule has 168 valence electrons. The topological polar surface area (TPSA) is 68.3 Å². The number of piperidine rings is 1. The Morgan fingerprint density at radius 1 is 0.750 bits per heavy atom. The molecule has 0 spiro atoms. The van der Waals surface area contributed by atoms with Crippen molar-refractivity contribution in [1.82, 2.24) is 9.80 Å². The van der Waals surface area contributed by atoms with Gasteiger partial charge in [0.2, 0.25) is 0 Å². The summed E-state index contributed by atoms with van der Waals surface area (Å²) >= 11 is 0. The van der Waals surface area contributed by atoms with Gasteiger partial charge in [0.05, 0.1) is 26.3 Å². The maximum absolute atomic E-state index is 13.4. The number of rotatable bonds is 8. The fraction of sp³-hybridized carbons (Fsp3) is 0.360. The molecule has 0 aromatic heterocycles. The Bertz CT molecular complexity index is 992. The summed E-state index contributed by atoms with van der Waals surface area (Å²) in [6, 6.07) is 14.5. The van der Waals surface area contributed by atoms with Gasteiger partial charge in [0.1, 0.15) is 29.6 Å². The molecule has 2 aromatic rings. The van der Waals surface area contributed by atoms with Crippen molar-refractivity contribution in [1.29, 1.82) is 0 Å². The molecule has 0 atom stereocenters. The summed E-state index contributed by atoms with van der Waals surface area (Å²) in [6.45, 7) is 1.96. The van der Waals surface area contributed by atoms with Gasteiger partial charge >= 0.3 is 0 Å². The fourth-order valence-corrected chi connectivity index (χ4v) is 4.12. The summed E-state index contributed by atoms with van der Waals surface area (Å²) in [7, 11) is 3.20. The number of nitrogens with zero attached hydrogens (tertiary/aromatic N) is 2. The van der Waals surface area contributed by atoms with Gasteiger partial charge in [-0.3, -0.25) is 14.5 Å². The van der Waals surface area contributed by atoms with Crippen molar-refractivity contribution >= 4 is 17.4 Å². The second-order valence-corrected chi connectivity index (χ2v) is 7.79. The molecular formula is C25H28N2O5. The highest BCUT2D eigenvalue weighted by molar-refractivity contribution is 6.35. The molecule has 0 bridgehead atoms. The predicted octanol–water partition coefficient (Wildman–Crippen LogP) is 3.35. The average Bonchev–Trinajstić information content (AvgIpc) is 3.10. The Morgan fingerprint density at radius 3 is 1.91 bits per heavy atom. The summed E-state index contributed by atoms with van der Waals surface area (Å²) in [5, 5.41) is 0. The van der Waals surface area contributed by atoms with Crippen molar-refractivity contribution < 1.29 is 23.8 Å². The molecule has 0 unspecified atom stereocenters. The first kappa shape index (κ1) is 21.7. The van der Waals surface area contributed by atoms with E-state index in [1.54, 1.807) is 38.5 Å². The van der Waals surface area contributed by atoms with Gasteiger partial charge in [-0.05, 0) is 61.2 Å². The van der Waals surface area contributed by atoms with Crippen LogP contribution in [0.2, 0.25) is 0 Å². The largest absolute Gasteiger partial charge is 0.497 e. The quantitative estimate of drug-likeness (QED) is 0.591. The Hall–Kier alpha value is -3.48. The molecule has 32 heavy (non-hydrogen) atoms. The molecule has 7 nitrogen and oxygen atoms in total. The SMILES string of the molecule is COc1ccc(OCCN2C(=O)C(c3ccc(OC)cc3)=C(N3CCCCC3)C2=O)cc1. The van der Waals surface area contributed by atoms with Gasteiger partial charge in [-0.15, -0.1) is 0 Å². The van der Waals surface area contributed by atoms with Gasteiger partial charge in [0.25, 0.3) is 11.8 Å². The highest BCUT2D eigenvalue weighted by atomic mass is 16.5. The van der Waals surface area contributed by atoms with Crippen LogP contribution in [0.4, 0.5) is 0 Å². The zero-order chi connectivity index (χ0) is 22.5. The Morgan fingerprint density at radius 2 is 1.31 bits per heavy atom. The van der Waals surface area contributed by atoms with E-state index in [2.05, 4.69) is 4.90 Å². The molecule has 1 fully saturated rings. The van der Waals surface area contributed by atoms with E-state index in [9.17, 15) is 9.59 Å². The first-order chi connectivity index (χ1) is 15.6. The molecule has 2 aliphatic rings. The van der Waals surface area contributed by atoms with Crippen LogP contribution in [0.15, 0.2) is 54.2 Å². The van der Waals surface area contributed by atoms with Crippen molar-refractivity contribution in [3.8, 4) is 17.2 Å². The van der Waals surface area contributed by atoms with E-state index >= 15 is 0 Å². The molecule has 2 heterocycles. The van der Waals surface area contributed by atoms with Gasteiger partial charge in [0.15, 0.2) is 0 Å². The molecule has 0 radical (unpaired) electrons. The lowest BCUT2D eigenvalue weighted by atomic mass is 10.0. The van der Waals surface area contributed by atoms with Crippen LogP contribution in [0.1, 0.15) is 24.8 Å². The van der Waals surface area contributed by atoms with Gasteiger partial charge < -0.3 is 19.1 Å². The standard InChI is InChI=1S/C25H28N2O5/c1-30-19-8-6-18(7-9-19)22-23(26-14-4-3-5-15-26)25(29)27(24(22)28)16-17-32-21-12-10-20(31-2)11-13-21/h6-13H,3-5,14-17H2,1-2H3. The van der Waals surface area contributed by atoms with E-state index < -0.39 is 0 Å². The number of hydrogen-bond acceptors (Lipinski definition) is 6. The van der Waals surface area contributed by atoms with Gasteiger partial charge in [-0.2, -0.15) is 0 Å². The maximum Gasteiger partial charge on any atom is 0.277 e. The second-order valence-electron chi connectivity index (χ2n) is 7.79. The highest BCUT2D eigenvalue weighted by Crippen LogP contribution is 2.33. The average molecular weight is 437 g/mol. The summed E-state index contributed by atoms with van der Waals surface area (Å²) in [5.41, 5.74) is 1.69. The molecule has 0 N–H and O–H groups in total. The predicted molar refractivity (Wildman–Crippen MR) is 121 cm³/mol. The van der Waals surface area contributed by atoms with Crippen LogP contribution in [0.25, 0.3) is 5.57 Å².